The van der Waals surface area contributed by atoms with Crippen LogP contribution in [0.15, 0.2) is 28.7 Å². The highest BCUT2D eigenvalue weighted by Crippen LogP contribution is 2.25. The van der Waals surface area contributed by atoms with E-state index in [4.69, 9.17) is 16.0 Å². The van der Waals surface area contributed by atoms with Crippen LogP contribution in [-0.2, 0) is 11.3 Å². The number of halogens is 1. The third-order valence-corrected chi connectivity index (χ3v) is 4.25. The Kier molecular flexibility index (Phi) is 4.68. The monoisotopic (exact) mass is 333 g/mol. The summed E-state index contributed by atoms with van der Waals surface area (Å²) in [5.41, 5.74) is 1.81. The number of nitrogens with one attached hydrogen (secondary N) is 1. The first-order valence-electron chi connectivity index (χ1n) is 7.73. The van der Waals surface area contributed by atoms with Crippen LogP contribution in [0.2, 0.25) is 5.02 Å². The summed E-state index contributed by atoms with van der Waals surface area (Å²) in [6, 6.07) is 7.72. The van der Waals surface area contributed by atoms with E-state index in [9.17, 15) is 4.79 Å². The molecule has 1 unspecified atom stereocenters. The van der Waals surface area contributed by atoms with Crippen LogP contribution in [0.3, 0.4) is 0 Å². The van der Waals surface area contributed by atoms with Gasteiger partial charge in [0.25, 0.3) is 0 Å². The number of likely N-dealkylation sites (tertiary alicyclic amines) is 1. The summed E-state index contributed by atoms with van der Waals surface area (Å²) in [6.45, 7) is 6.01. The van der Waals surface area contributed by atoms with Crippen molar-refractivity contribution in [2.45, 2.75) is 32.9 Å². The van der Waals surface area contributed by atoms with Crippen molar-refractivity contribution in [3.63, 3.8) is 0 Å². The Bertz CT molecular complexity index is 714. The third kappa shape index (κ3) is 3.92. The molecular weight excluding hydrogens is 314 g/mol. The zero-order valence-corrected chi connectivity index (χ0v) is 14.1. The Labute approximate surface area is 140 Å². The van der Waals surface area contributed by atoms with E-state index in [0.717, 1.165) is 43.1 Å². The van der Waals surface area contributed by atoms with Gasteiger partial charge in [0.15, 0.2) is 0 Å². The Morgan fingerprint density at radius 1 is 1.52 bits per heavy atom. The van der Waals surface area contributed by atoms with Crippen molar-refractivity contribution in [3.8, 4) is 11.5 Å². The largest absolute Gasteiger partial charge is 0.441 e. The van der Waals surface area contributed by atoms with E-state index < -0.39 is 0 Å². The normalized spacial score (nSPS) is 18.3. The lowest BCUT2D eigenvalue weighted by Gasteiger charge is -2.15. The van der Waals surface area contributed by atoms with Gasteiger partial charge in [-0.25, -0.2) is 4.98 Å². The zero-order chi connectivity index (χ0) is 16.4. The summed E-state index contributed by atoms with van der Waals surface area (Å²) in [5.74, 6) is 1.44. The molecule has 0 spiro atoms. The zero-order valence-electron chi connectivity index (χ0n) is 13.3. The lowest BCUT2D eigenvalue weighted by Crippen LogP contribution is -2.35. The molecule has 1 aliphatic heterocycles. The Hall–Kier alpha value is -1.85. The maximum absolute atomic E-state index is 11.1. The van der Waals surface area contributed by atoms with Gasteiger partial charge in [0.05, 0.1) is 5.69 Å². The van der Waals surface area contributed by atoms with Crippen molar-refractivity contribution >= 4 is 17.5 Å². The molecule has 1 amide bonds. The van der Waals surface area contributed by atoms with Crippen molar-refractivity contribution in [2.75, 3.05) is 13.1 Å². The highest BCUT2D eigenvalue weighted by molar-refractivity contribution is 6.30. The minimum atomic E-state index is 0.0257. The Balaban J connectivity index is 1.69. The summed E-state index contributed by atoms with van der Waals surface area (Å²) in [6.07, 6.45) is 0.970. The molecule has 0 saturated carbocycles. The number of aromatic nitrogens is 1. The van der Waals surface area contributed by atoms with Crippen LogP contribution in [0.5, 0.6) is 0 Å². The topological polar surface area (TPSA) is 58.4 Å². The standard InChI is InChI=1S/C17H20ClN3O2/c1-11-16(10-21-7-6-15(9-21)19-12(2)22)20-17(23-11)13-4-3-5-14(18)8-13/h3-5,8,15H,6-7,9-10H2,1-2H3,(H,19,22). The van der Waals surface area contributed by atoms with E-state index in [2.05, 4.69) is 15.2 Å². The van der Waals surface area contributed by atoms with Gasteiger partial charge in [-0.15, -0.1) is 0 Å². The molecule has 0 bridgehead atoms. The molecule has 0 aliphatic carbocycles. The smallest absolute Gasteiger partial charge is 0.226 e. The fraction of sp³-hybridized carbons (Fsp3) is 0.412. The van der Waals surface area contributed by atoms with Crippen LogP contribution in [0.25, 0.3) is 11.5 Å². The van der Waals surface area contributed by atoms with Gasteiger partial charge < -0.3 is 9.73 Å². The number of nitrogens with zero attached hydrogens (tertiary/aromatic N) is 2. The number of benzene rings is 1. The molecule has 1 N–H and O–H groups in total. The van der Waals surface area contributed by atoms with Crippen LogP contribution in [0.4, 0.5) is 0 Å². The predicted molar refractivity (Wildman–Crippen MR) is 89.2 cm³/mol. The van der Waals surface area contributed by atoms with Gasteiger partial charge in [0, 0.05) is 43.2 Å². The number of carbonyl (C=O) groups excluding carboxylic acids is 1. The fourth-order valence-electron chi connectivity index (χ4n) is 2.91. The molecule has 1 atom stereocenters. The number of amides is 1. The second kappa shape index (κ2) is 6.72. The number of oxazole rings is 1. The second-order valence-corrected chi connectivity index (χ2v) is 6.39. The van der Waals surface area contributed by atoms with Gasteiger partial charge in [-0.05, 0) is 31.5 Å². The maximum atomic E-state index is 11.1. The molecule has 3 rings (SSSR count). The number of rotatable bonds is 4. The summed E-state index contributed by atoms with van der Waals surface area (Å²) < 4.78 is 5.79. The van der Waals surface area contributed by atoms with Crippen molar-refractivity contribution in [2.24, 2.45) is 0 Å². The van der Waals surface area contributed by atoms with Gasteiger partial charge in [-0.3, -0.25) is 9.69 Å². The lowest BCUT2D eigenvalue weighted by atomic mass is 10.2. The minimum Gasteiger partial charge on any atom is -0.441 e. The maximum Gasteiger partial charge on any atom is 0.226 e. The number of hydrogen-bond donors (Lipinski definition) is 1. The van der Waals surface area contributed by atoms with E-state index in [1.54, 1.807) is 6.92 Å². The van der Waals surface area contributed by atoms with Gasteiger partial charge in [-0.1, -0.05) is 17.7 Å². The number of hydrogen-bond acceptors (Lipinski definition) is 4. The van der Waals surface area contributed by atoms with E-state index in [1.165, 1.54) is 0 Å². The minimum absolute atomic E-state index is 0.0257. The quantitative estimate of drug-likeness (QED) is 0.934. The first-order valence-corrected chi connectivity index (χ1v) is 8.11. The van der Waals surface area contributed by atoms with E-state index in [0.29, 0.717) is 10.9 Å². The Morgan fingerprint density at radius 3 is 3.09 bits per heavy atom. The van der Waals surface area contributed by atoms with Crippen LogP contribution < -0.4 is 5.32 Å². The molecule has 2 heterocycles. The first-order chi connectivity index (χ1) is 11.0. The molecule has 1 aliphatic rings. The summed E-state index contributed by atoms with van der Waals surface area (Å²) >= 11 is 6.02. The van der Waals surface area contributed by atoms with E-state index >= 15 is 0 Å². The van der Waals surface area contributed by atoms with Crippen LogP contribution in [0, 0.1) is 6.92 Å². The molecular formula is C17H20ClN3O2. The first kappa shape index (κ1) is 16.0. The van der Waals surface area contributed by atoms with Crippen molar-refractivity contribution in [3.05, 3.63) is 40.7 Å². The lowest BCUT2D eigenvalue weighted by molar-refractivity contribution is -0.119. The molecule has 1 aromatic heterocycles. The van der Waals surface area contributed by atoms with Gasteiger partial charge in [0.2, 0.25) is 11.8 Å². The molecule has 5 nitrogen and oxygen atoms in total. The molecule has 0 radical (unpaired) electrons. The van der Waals surface area contributed by atoms with Gasteiger partial charge in [-0.2, -0.15) is 0 Å². The third-order valence-electron chi connectivity index (χ3n) is 4.02. The number of aryl methyl sites for hydroxylation is 1. The van der Waals surface area contributed by atoms with Crippen molar-refractivity contribution < 1.29 is 9.21 Å². The highest BCUT2D eigenvalue weighted by Gasteiger charge is 2.24. The van der Waals surface area contributed by atoms with Gasteiger partial charge in [0.1, 0.15) is 5.76 Å². The predicted octanol–water partition coefficient (Wildman–Crippen LogP) is 3.01. The van der Waals surface area contributed by atoms with Crippen molar-refractivity contribution in [1.29, 1.82) is 0 Å². The van der Waals surface area contributed by atoms with Gasteiger partial charge >= 0.3 is 0 Å². The molecule has 6 heteroatoms. The average molecular weight is 334 g/mol. The second-order valence-electron chi connectivity index (χ2n) is 5.95. The molecule has 1 fully saturated rings. The molecule has 1 aromatic carbocycles. The van der Waals surface area contributed by atoms with Crippen LogP contribution in [-0.4, -0.2) is 34.9 Å². The SMILES string of the molecule is CC(=O)NC1CCN(Cc2nc(-c3cccc(Cl)c3)oc2C)C1. The summed E-state index contributed by atoms with van der Waals surface area (Å²) in [4.78, 5) is 18.0. The fourth-order valence-corrected chi connectivity index (χ4v) is 3.10. The molecule has 122 valence electrons. The summed E-state index contributed by atoms with van der Waals surface area (Å²) in [7, 11) is 0. The average Bonchev–Trinajstić information content (AvgIpc) is 3.06. The Morgan fingerprint density at radius 2 is 2.35 bits per heavy atom. The van der Waals surface area contributed by atoms with Crippen LogP contribution >= 0.6 is 11.6 Å². The molecule has 2 aromatic rings. The molecule has 1 saturated heterocycles. The van der Waals surface area contributed by atoms with E-state index in [-0.39, 0.29) is 11.9 Å². The van der Waals surface area contributed by atoms with E-state index in [1.807, 2.05) is 31.2 Å². The number of carbonyl (C=O) groups is 1. The summed E-state index contributed by atoms with van der Waals surface area (Å²) in [5, 5.41) is 3.63. The highest BCUT2D eigenvalue weighted by atomic mass is 35.5. The van der Waals surface area contributed by atoms with Crippen LogP contribution in [0.1, 0.15) is 24.8 Å². The van der Waals surface area contributed by atoms with Crippen molar-refractivity contribution in [1.82, 2.24) is 15.2 Å². The molecule has 23 heavy (non-hydrogen) atoms.